The summed E-state index contributed by atoms with van der Waals surface area (Å²) in [5, 5.41) is 57.0. The van der Waals surface area contributed by atoms with Crippen LogP contribution in [0, 0.1) is 0 Å². The van der Waals surface area contributed by atoms with Crippen LogP contribution in [-0.4, -0.2) is 135 Å². The van der Waals surface area contributed by atoms with Gasteiger partial charge in [-0.1, -0.05) is 0 Å². The van der Waals surface area contributed by atoms with Crippen molar-refractivity contribution in [2.75, 3.05) is 19.6 Å². The van der Waals surface area contributed by atoms with E-state index in [1.165, 1.54) is 0 Å². The quantitative estimate of drug-likeness (QED) is 0.0448. The van der Waals surface area contributed by atoms with Crippen molar-refractivity contribution in [1.29, 1.82) is 0 Å². The third kappa shape index (κ3) is 19.5. The Labute approximate surface area is 270 Å². The van der Waals surface area contributed by atoms with Gasteiger partial charge < -0.3 is 63.2 Å². The molecule has 0 aromatic heterocycles. The van der Waals surface area contributed by atoms with Crippen LogP contribution in [-0.2, 0) is 52.7 Å². The molecule has 13 N–H and O–H groups in total. The monoisotopic (exact) mass is 691 g/mol. The zero-order chi connectivity index (χ0) is 37.0. The van der Waals surface area contributed by atoms with Gasteiger partial charge in [-0.05, 0) is 19.3 Å². The highest BCUT2D eigenvalue weighted by molar-refractivity contribution is 5.95. The van der Waals surface area contributed by atoms with Gasteiger partial charge >= 0.3 is 29.8 Å². The topological polar surface area (TPSA) is 387 Å². The molecule has 0 aromatic rings. The number of amides is 6. The second-order valence-electron chi connectivity index (χ2n) is 9.85. The summed E-state index contributed by atoms with van der Waals surface area (Å²) in [5.41, 5.74) is 5.49. The van der Waals surface area contributed by atoms with Crippen LogP contribution in [0.3, 0.4) is 0 Å². The van der Waals surface area contributed by atoms with E-state index in [1.54, 1.807) is 0 Å². The number of nitrogens with one attached hydrogen (secondary N) is 6. The number of rotatable bonds is 24. The Morgan fingerprint density at radius 2 is 0.854 bits per heavy atom. The van der Waals surface area contributed by atoms with E-state index in [4.69, 9.17) is 31.3 Å². The summed E-state index contributed by atoms with van der Waals surface area (Å²) in [6.07, 6.45) is -4.22. The van der Waals surface area contributed by atoms with E-state index in [0.717, 1.165) is 0 Å². The summed E-state index contributed by atoms with van der Waals surface area (Å²) in [7, 11) is 0. The van der Waals surface area contributed by atoms with E-state index in [-0.39, 0.29) is 12.8 Å². The molecule has 0 unspecified atom stereocenters. The molecule has 48 heavy (non-hydrogen) atoms. The number of carbonyl (C=O) groups excluding carboxylic acids is 6. The van der Waals surface area contributed by atoms with Gasteiger partial charge in [0, 0.05) is 19.3 Å². The number of carboxylic acid groups (broad SMARTS) is 5. The van der Waals surface area contributed by atoms with Gasteiger partial charge in [0.25, 0.3) is 0 Å². The van der Waals surface area contributed by atoms with Gasteiger partial charge in [-0.25, -0.2) is 4.79 Å². The van der Waals surface area contributed by atoms with Gasteiger partial charge in [0.15, 0.2) is 0 Å². The minimum atomic E-state index is -1.96. The summed E-state index contributed by atoms with van der Waals surface area (Å²) in [6, 6.07) is -6.59. The Balaban J connectivity index is 5.22. The molecule has 0 heterocycles. The van der Waals surface area contributed by atoms with E-state index >= 15 is 0 Å². The van der Waals surface area contributed by atoms with E-state index in [1.807, 2.05) is 5.32 Å². The normalized spacial score (nSPS) is 12.9. The van der Waals surface area contributed by atoms with Crippen LogP contribution in [0.25, 0.3) is 0 Å². The predicted molar refractivity (Wildman–Crippen MR) is 153 cm³/mol. The van der Waals surface area contributed by atoms with E-state index in [2.05, 4.69) is 26.6 Å². The van der Waals surface area contributed by atoms with Crippen molar-refractivity contribution in [3.8, 4) is 0 Å². The molecule has 6 amide bonds. The average Bonchev–Trinajstić information content (AvgIpc) is 2.99. The maximum absolute atomic E-state index is 12.9. The van der Waals surface area contributed by atoms with Crippen LogP contribution in [0.4, 0.5) is 0 Å². The average molecular weight is 692 g/mol. The summed E-state index contributed by atoms with van der Waals surface area (Å²) in [4.78, 5) is 129. The fourth-order valence-corrected chi connectivity index (χ4v) is 3.43. The molecular weight excluding hydrogens is 654 g/mol. The third-order valence-electron chi connectivity index (χ3n) is 5.89. The van der Waals surface area contributed by atoms with Crippen LogP contribution in [0.2, 0.25) is 0 Å². The smallest absolute Gasteiger partial charge is 0.326 e. The van der Waals surface area contributed by atoms with Crippen LogP contribution in [0.1, 0.15) is 44.9 Å². The SMILES string of the molecule is N[C@@H](CCC(=O)O)C(=O)NCC(=O)NCC(=O)NCC(=O)N[C@@H](CCC(=O)O)C(=O)N[C@@H](CCC(=O)O)C(=O)N[C@@H](CC(=O)O)C(=O)O. The first-order valence-corrected chi connectivity index (χ1v) is 13.9. The first-order valence-electron chi connectivity index (χ1n) is 13.9. The summed E-state index contributed by atoms with van der Waals surface area (Å²) in [5.74, 6) is -13.5. The number of carboxylic acids is 5. The van der Waals surface area contributed by atoms with Crippen LogP contribution >= 0.6 is 0 Å². The number of hydrogen-bond acceptors (Lipinski definition) is 12. The lowest BCUT2D eigenvalue weighted by atomic mass is 10.1. The molecule has 0 saturated heterocycles. The van der Waals surface area contributed by atoms with Crippen molar-refractivity contribution in [1.82, 2.24) is 31.9 Å². The maximum atomic E-state index is 12.9. The molecule has 23 heteroatoms. The molecule has 0 aliphatic rings. The maximum Gasteiger partial charge on any atom is 0.326 e. The van der Waals surface area contributed by atoms with Crippen molar-refractivity contribution in [2.24, 2.45) is 5.73 Å². The molecule has 0 radical (unpaired) electrons. The molecule has 0 rings (SSSR count). The summed E-state index contributed by atoms with van der Waals surface area (Å²) in [6.45, 7) is -2.11. The molecule has 0 spiro atoms. The Kier molecular flexibility index (Phi) is 19.1. The van der Waals surface area contributed by atoms with Crippen molar-refractivity contribution < 1.29 is 78.3 Å². The molecule has 268 valence electrons. The second kappa shape index (κ2) is 21.8. The van der Waals surface area contributed by atoms with Crippen molar-refractivity contribution >= 4 is 65.3 Å². The third-order valence-corrected chi connectivity index (χ3v) is 5.89. The summed E-state index contributed by atoms with van der Waals surface area (Å²) >= 11 is 0. The zero-order valence-corrected chi connectivity index (χ0v) is 25.2. The molecule has 0 saturated carbocycles. The fraction of sp³-hybridized carbons (Fsp3) is 0.560. The zero-order valence-electron chi connectivity index (χ0n) is 25.2. The minimum absolute atomic E-state index is 0.186. The van der Waals surface area contributed by atoms with Gasteiger partial charge in [-0.15, -0.1) is 0 Å². The molecule has 4 atom stereocenters. The number of hydrogen-bond donors (Lipinski definition) is 12. The Hall–Kier alpha value is -5.87. The summed E-state index contributed by atoms with van der Waals surface area (Å²) < 4.78 is 0. The highest BCUT2D eigenvalue weighted by Crippen LogP contribution is 2.05. The molecule has 0 aromatic carbocycles. The molecule has 0 bridgehead atoms. The molecule has 23 nitrogen and oxygen atoms in total. The van der Waals surface area contributed by atoms with Crippen molar-refractivity contribution in [2.45, 2.75) is 69.1 Å². The highest BCUT2D eigenvalue weighted by Gasteiger charge is 2.31. The molecule has 0 aliphatic carbocycles. The molecule has 0 fully saturated rings. The van der Waals surface area contributed by atoms with Crippen LogP contribution < -0.4 is 37.6 Å². The minimum Gasteiger partial charge on any atom is -0.481 e. The van der Waals surface area contributed by atoms with Gasteiger partial charge in [0.1, 0.15) is 18.1 Å². The van der Waals surface area contributed by atoms with Gasteiger partial charge in [-0.3, -0.25) is 47.9 Å². The van der Waals surface area contributed by atoms with Gasteiger partial charge in [-0.2, -0.15) is 0 Å². The lowest BCUT2D eigenvalue weighted by molar-refractivity contribution is -0.147. The Morgan fingerprint density at radius 1 is 0.458 bits per heavy atom. The van der Waals surface area contributed by atoms with E-state index < -0.39 is 141 Å². The molecular formula is C25H37N7O16. The van der Waals surface area contributed by atoms with Crippen LogP contribution in [0.5, 0.6) is 0 Å². The van der Waals surface area contributed by atoms with Gasteiger partial charge in [0.2, 0.25) is 35.4 Å². The second-order valence-corrected chi connectivity index (χ2v) is 9.85. The van der Waals surface area contributed by atoms with Crippen molar-refractivity contribution in [3.63, 3.8) is 0 Å². The lowest BCUT2D eigenvalue weighted by Gasteiger charge is -2.24. The van der Waals surface area contributed by atoms with E-state index in [9.17, 15) is 52.7 Å². The Bertz CT molecular complexity index is 1260. The fourth-order valence-electron chi connectivity index (χ4n) is 3.43. The molecule has 0 aliphatic heterocycles. The van der Waals surface area contributed by atoms with E-state index in [0.29, 0.717) is 0 Å². The first-order chi connectivity index (χ1) is 22.3. The largest absolute Gasteiger partial charge is 0.481 e. The van der Waals surface area contributed by atoms with Crippen molar-refractivity contribution in [3.05, 3.63) is 0 Å². The predicted octanol–water partition coefficient (Wildman–Crippen LogP) is -5.73. The van der Waals surface area contributed by atoms with Gasteiger partial charge in [0.05, 0.1) is 32.1 Å². The first kappa shape index (κ1) is 42.1. The van der Waals surface area contributed by atoms with Crippen LogP contribution in [0.15, 0.2) is 0 Å². The highest BCUT2D eigenvalue weighted by atomic mass is 16.4. The standard InChI is InChI=1S/C25H37N7O16/c26-11(1-4-18(36)37)22(44)29-9-16(34)27-8-15(33)28-10-17(35)30-12(2-5-19(38)39)23(45)31-13(3-6-20(40)41)24(46)32-14(25(47)48)7-21(42)43/h11-14H,1-10,26H2,(H,27,34)(H,28,33)(H,29,44)(H,30,35)(H,31,45)(H,32,46)(H,36,37)(H,38,39)(H,40,41)(H,42,43)(H,47,48)/t11-,12-,13-,14-/m0/s1. The number of carbonyl (C=O) groups is 11. The number of nitrogens with two attached hydrogens (primary N) is 1. The lowest BCUT2D eigenvalue weighted by Crippen LogP contribution is -2.56. The number of aliphatic carboxylic acids is 5. The Morgan fingerprint density at radius 3 is 1.29 bits per heavy atom.